The average molecular weight is 329 g/mol. The van der Waals surface area contributed by atoms with Crippen molar-refractivity contribution in [1.29, 1.82) is 0 Å². The first kappa shape index (κ1) is 18.2. The third-order valence-electron chi connectivity index (χ3n) is 4.27. The molecule has 0 aliphatic heterocycles. The minimum atomic E-state index is -0.636. The van der Waals surface area contributed by atoms with Gasteiger partial charge in [-0.05, 0) is 32.8 Å². The lowest BCUT2D eigenvalue weighted by Gasteiger charge is -2.20. The molecule has 24 heavy (non-hydrogen) atoms. The monoisotopic (exact) mass is 329 g/mol. The predicted molar refractivity (Wildman–Crippen MR) is 95.1 cm³/mol. The van der Waals surface area contributed by atoms with Gasteiger partial charge in [-0.25, -0.2) is 0 Å². The van der Waals surface area contributed by atoms with Gasteiger partial charge >= 0.3 is 0 Å². The van der Waals surface area contributed by atoms with E-state index in [9.17, 15) is 9.90 Å². The van der Waals surface area contributed by atoms with Crippen LogP contribution in [0.5, 0.6) is 0 Å². The molecule has 1 aromatic carbocycles. The molecule has 1 aromatic heterocycles. The van der Waals surface area contributed by atoms with Gasteiger partial charge in [0, 0.05) is 18.7 Å². The number of hydrogen-bond donors (Lipinski definition) is 2. The Morgan fingerprint density at radius 3 is 2.58 bits per heavy atom. The molecule has 0 fully saturated rings. The fourth-order valence-electron chi connectivity index (χ4n) is 2.86. The Hall–Kier alpha value is -2.14. The van der Waals surface area contributed by atoms with Crippen molar-refractivity contribution < 1.29 is 9.90 Å². The van der Waals surface area contributed by atoms with E-state index >= 15 is 0 Å². The summed E-state index contributed by atoms with van der Waals surface area (Å²) < 4.78 is 1.87. The largest absolute Gasteiger partial charge is 0.391 e. The second-order valence-electron chi connectivity index (χ2n) is 6.29. The van der Waals surface area contributed by atoms with Crippen LogP contribution in [0.2, 0.25) is 0 Å². The molecular weight excluding hydrogens is 302 g/mol. The molecule has 0 spiro atoms. The molecule has 0 saturated carbocycles. The standard InChI is InChI=1S/C19H27N3O2/c1-5-11-22-15(4)18(14(3)21-22)19(24)20-13(2)17(23)12-16-9-7-6-8-10-16/h6-10,13,17,23H,5,11-12H2,1-4H3,(H,20,24). The van der Waals surface area contributed by atoms with Gasteiger partial charge in [0.1, 0.15) is 0 Å². The summed E-state index contributed by atoms with van der Waals surface area (Å²) >= 11 is 0. The van der Waals surface area contributed by atoms with E-state index in [2.05, 4.69) is 17.3 Å². The van der Waals surface area contributed by atoms with Crippen LogP contribution in [0.25, 0.3) is 0 Å². The maximum Gasteiger partial charge on any atom is 0.255 e. The van der Waals surface area contributed by atoms with Gasteiger partial charge < -0.3 is 10.4 Å². The lowest BCUT2D eigenvalue weighted by molar-refractivity contribution is 0.0850. The molecule has 0 saturated heterocycles. The zero-order valence-electron chi connectivity index (χ0n) is 14.9. The summed E-state index contributed by atoms with van der Waals surface area (Å²) in [5.74, 6) is -0.174. The van der Waals surface area contributed by atoms with Crippen molar-refractivity contribution >= 4 is 5.91 Å². The Labute approximate surface area is 143 Å². The Balaban J connectivity index is 2.03. The highest BCUT2D eigenvalue weighted by atomic mass is 16.3. The van der Waals surface area contributed by atoms with Crippen LogP contribution in [0.15, 0.2) is 30.3 Å². The summed E-state index contributed by atoms with van der Waals surface area (Å²) in [7, 11) is 0. The number of nitrogens with zero attached hydrogens (tertiary/aromatic N) is 2. The van der Waals surface area contributed by atoms with Gasteiger partial charge in [-0.3, -0.25) is 9.48 Å². The van der Waals surface area contributed by atoms with Crippen LogP contribution in [-0.2, 0) is 13.0 Å². The van der Waals surface area contributed by atoms with E-state index < -0.39 is 6.10 Å². The summed E-state index contributed by atoms with van der Waals surface area (Å²) in [5.41, 5.74) is 3.26. The van der Waals surface area contributed by atoms with Crippen LogP contribution in [0, 0.1) is 13.8 Å². The van der Waals surface area contributed by atoms with Crippen molar-refractivity contribution in [3.8, 4) is 0 Å². The SMILES string of the molecule is CCCn1nc(C)c(C(=O)NC(C)C(O)Cc2ccccc2)c1C. The minimum Gasteiger partial charge on any atom is -0.391 e. The predicted octanol–water partition coefficient (Wildman–Crippen LogP) is 2.63. The number of nitrogens with one attached hydrogen (secondary N) is 1. The van der Waals surface area contributed by atoms with E-state index in [-0.39, 0.29) is 11.9 Å². The van der Waals surface area contributed by atoms with Crippen molar-refractivity contribution in [2.45, 2.75) is 59.2 Å². The van der Waals surface area contributed by atoms with Crippen LogP contribution in [0.1, 0.15) is 47.6 Å². The molecule has 5 heteroatoms. The van der Waals surface area contributed by atoms with Gasteiger partial charge in [0.25, 0.3) is 5.91 Å². The number of aromatic nitrogens is 2. The summed E-state index contributed by atoms with van der Waals surface area (Å²) in [6.45, 7) is 8.46. The van der Waals surface area contributed by atoms with Crippen molar-refractivity contribution in [3.05, 3.63) is 52.8 Å². The summed E-state index contributed by atoms with van der Waals surface area (Å²) in [6.07, 6.45) is 0.840. The first-order valence-electron chi connectivity index (χ1n) is 8.50. The van der Waals surface area contributed by atoms with E-state index in [1.165, 1.54) is 0 Å². The Bertz CT molecular complexity index is 679. The fraction of sp³-hybridized carbons (Fsp3) is 0.474. The number of aliphatic hydroxyl groups excluding tert-OH is 1. The third-order valence-corrected chi connectivity index (χ3v) is 4.27. The Kier molecular flexibility index (Phi) is 6.15. The first-order chi connectivity index (χ1) is 11.4. The number of amides is 1. The molecule has 2 unspecified atom stereocenters. The Morgan fingerprint density at radius 1 is 1.29 bits per heavy atom. The number of carbonyl (C=O) groups excluding carboxylic acids is 1. The maximum absolute atomic E-state index is 12.6. The number of benzene rings is 1. The lowest BCUT2D eigenvalue weighted by Crippen LogP contribution is -2.42. The average Bonchev–Trinajstić information content (AvgIpc) is 2.82. The maximum atomic E-state index is 12.6. The molecule has 2 rings (SSSR count). The summed E-state index contributed by atoms with van der Waals surface area (Å²) in [6, 6.07) is 9.44. The molecule has 0 radical (unpaired) electrons. The van der Waals surface area contributed by atoms with Crippen LogP contribution in [0.4, 0.5) is 0 Å². The molecule has 0 aliphatic carbocycles. The molecule has 2 atom stereocenters. The van der Waals surface area contributed by atoms with Crippen molar-refractivity contribution in [2.75, 3.05) is 0 Å². The summed E-state index contributed by atoms with van der Waals surface area (Å²) in [5, 5.41) is 17.7. The number of aliphatic hydroxyl groups is 1. The van der Waals surface area contributed by atoms with Gasteiger partial charge in [0.2, 0.25) is 0 Å². The third kappa shape index (κ3) is 4.23. The minimum absolute atomic E-state index is 0.174. The number of aryl methyl sites for hydroxylation is 2. The molecule has 2 aromatic rings. The van der Waals surface area contributed by atoms with Crippen LogP contribution < -0.4 is 5.32 Å². The van der Waals surface area contributed by atoms with Crippen molar-refractivity contribution in [1.82, 2.24) is 15.1 Å². The highest BCUT2D eigenvalue weighted by molar-refractivity contribution is 5.96. The first-order valence-corrected chi connectivity index (χ1v) is 8.50. The Morgan fingerprint density at radius 2 is 1.96 bits per heavy atom. The molecule has 0 aliphatic rings. The topological polar surface area (TPSA) is 67.2 Å². The second-order valence-corrected chi connectivity index (χ2v) is 6.29. The van der Waals surface area contributed by atoms with Gasteiger partial charge in [0.05, 0.1) is 23.4 Å². The zero-order chi connectivity index (χ0) is 17.7. The smallest absolute Gasteiger partial charge is 0.255 e. The number of hydrogen-bond acceptors (Lipinski definition) is 3. The number of carbonyl (C=O) groups is 1. The van der Waals surface area contributed by atoms with E-state index in [4.69, 9.17) is 0 Å². The van der Waals surface area contributed by atoms with Gasteiger partial charge in [-0.15, -0.1) is 0 Å². The molecule has 130 valence electrons. The highest BCUT2D eigenvalue weighted by Gasteiger charge is 2.22. The van der Waals surface area contributed by atoms with E-state index in [1.54, 1.807) is 0 Å². The second kappa shape index (κ2) is 8.11. The van der Waals surface area contributed by atoms with Crippen LogP contribution in [0.3, 0.4) is 0 Å². The molecular formula is C19H27N3O2. The van der Waals surface area contributed by atoms with E-state index in [0.29, 0.717) is 12.0 Å². The van der Waals surface area contributed by atoms with E-state index in [1.807, 2.05) is 55.8 Å². The van der Waals surface area contributed by atoms with Crippen molar-refractivity contribution in [2.24, 2.45) is 0 Å². The summed E-state index contributed by atoms with van der Waals surface area (Å²) in [4.78, 5) is 12.6. The molecule has 2 N–H and O–H groups in total. The molecule has 0 bridgehead atoms. The van der Waals surface area contributed by atoms with Gasteiger partial charge in [-0.1, -0.05) is 37.3 Å². The molecule has 5 nitrogen and oxygen atoms in total. The fourth-order valence-corrected chi connectivity index (χ4v) is 2.86. The van der Waals surface area contributed by atoms with Crippen LogP contribution >= 0.6 is 0 Å². The van der Waals surface area contributed by atoms with E-state index in [0.717, 1.165) is 29.9 Å². The highest BCUT2D eigenvalue weighted by Crippen LogP contribution is 2.14. The van der Waals surface area contributed by atoms with Gasteiger partial charge in [-0.2, -0.15) is 5.10 Å². The molecule has 1 amide bonds. The normalized spacial score (nSPS) is 13.5. The lowest BCUT2D eigenvalue weighted by atomic mass is 10.0. The molecule has 1 heterocycles. The number of rotatable bonds is 7. The quantitative estimate of drug-likeness (QED) is 0.820. The van der Waals surface area contributed by atoms with Crippen LogP contribution in [-0.4, -0.2) is 32.9 Å². The van der Waals surface area contributed by atoms with Crippen molar-refractivity contribution in [3.63, 3.8) is 0 Å². The zero-order valence-corrected chi connectivity index (χ0v) is 14.9. The van der Waals surface area contributed by atoms with Gasteiger partial charge in [0.15, 0.2) is 0 Å².